The summed E-state index contributed by atoms with van der Waals surface area (Å²) in [5.74, 6) is 0.276. The van der Waals surface area contributed by atoms with Crippen LogP contribution < -0.4 is 20.7 Å². The first-order valence-corrected chi connectivity index (χ1v) is 13.2. The molecule has 1 aliphatic heterocycles. The second-order valence-electron chi connectivity index (χ2n) is 8.48. The summed E-state index contributed by atoms with van der Waals surface area (Å²) in [5.41, 5.74) is 1.65. The number of hydrogen-bond acceptors (Lipinski definition) is 8. The highest BCUT2D eigenvalue weighted by Gasteiger charge is 2.31. The molecule has 0 saturated carbocycles. The highest BCUT2D eigenvalue weighted by molar-refractivity contribution is 7.98. The molecule has 3 N–H and O–H groups in total. The Morgan fingerprint density at radius 1 is 1.05 bits per heavy atom. The summed E-state index contributed by atoms with van der Waals surface area (Å²) in [5, 5.41) is 10.0. The molecule has 0 aliphatic carbocycles. The molecule has 2 aromatic rings. The first-order chi connectivity index (χ1) is 18.2. The molecule has 1 aliphatic rings. The van der Waals surface area contributed by atoms with Gasteiger partial charge >= 0.3 is 12.5 Å². The quantitative estimate of drug-likeness (QED) is 0.363. The van der Waals surface area contributed by atoms with E-state index in [2.05, 4.69) is 20.7 Å². The van der Waals surface area contributed by atoms with Gasteiger partial charge < -0.3 is 30.3 Å². The Morgan fingerprint density at radius 3 is 2.39 bits per heavy atom. The van der Waals surface area contributed by atoms with Gasteiger partial charge in [0.25, 0.3) is 0 Å². The van der Waals surface area contributed by atoms with Gasteiger partial charge in [0, 0.05) is 29.8 Å². The number of rotatable bonds is 12. The Morgan fingerprint density at radius 2 is 1.74 bits per heavy atom. The van der Waals surface area contributed by atoms with Gasteiger partial charge in [0.15, 0.2) is 0 Å². The van der Waals surface area contributed by atoms with Crippen LogP contribution in [0.4, 0.5) is 23.7 Å². The van der Waals surface area contributed by atoms with Crippen LogP contribution in [0, 0.1) is 0 Å². The first kappa shape index (κ1) is 29.4. The van der Waals surface area contributed by atoms with E-state index in [1.807, 2.05) is 30.3 Å². The van der Waals surface area contributed by atoms with Crippen molar-refractivity contribution in [3.05, 3.63) is 60.2 Å². The molecule has 3 rings (SSSR count). The standard InChI is InChI=1S/C25H31F3N4O5S/c1-18(15-29-20-7-9-21(10-8-20)36-25(26,27)28)30-23(33)22(17-38-16-19-5-3-2-4-6-19)31-24(34)37-32-11-13-35-14-12-32/h2-10,18,22,29H,11-17H2,1H3,(H,30,33)(H,31,34)/t18-,22-/m0/s1. The minimum absolute atomic E-state index is 0.299. The van der Waals surface area contributed by atoms with Crippen LogP contribution in [0.25, 0.3) is 0 Å². The largest absolute Gasteiger partial charge is 0.573 e. The van der Waals surface area contributed by atoms with Gasteiger partial charge in [-0.25, -0.2) is 4.79 Å². The molecule has 13 heteroatoms. The maximum absolute atomic E-state index is 13.0. The summed E-state index contributed by atoms with van der Waals surface area (Å²) < 4.78 is 46.1. The Balaban J connectivity index is 1.50. The molecule has 9 nitrogen and oxygen atoms in total. The molecule has 2 amide bonds. The number of nitrogens with zero attached hydrogens (tertiary/aromatic N) is 1. The van der Waals surface area contributed by atoms with Crippen molar-refractivity contribution in [1.82, 2.24) is 15.7 Å². The van der Waals surface area contributed by atoms with Gasteiger partial charge in [-0.05, 0) is 36.8 Å². The monoisotopic (exact) mass is 556 g/mol. The SMILES string of the molecule is C[C@@H](CNc1ccc(OC(F)(F)F)cc1)NC(=O)[C@H](CSCc1ccccc1)NC(=O)ON1CCOCC1. The topological polar surface area (TPSA) is 101 Å². The number of carbonyl (C=O) groups is 2. The van der Waals surface area contributed by atoms with Gasteiger partial charge in [0.1, 0.15) is 11.8 Å². The van der Waals surface area contributed by atoms with E-state index in [-0.39, 0.29) is 17.7 Å². The van der Waals surface area contributed by atoms with Gasteiger partial charge in [-0.15, -0.1) is 18.2 Å². The summed E-state index contributed by atoms with van der Waals surface area (Å²) >= 11 is 1.50. The lowest BCUT2D eigenvalue weighted by Gasteiger charge is -2.26. The molecule has 0 bridgehead atoms. The average molecular weight is 557 g/mol. The molecule has 2 atom stereocenters. The van der Waals surface area contributed by atoms with Crippen LogP contribution >= 0.6 is 11.8 Å². The van der Waals surface area contributed by atoms with Crippen LogP contribution in [0.3, 0.4) is 0 Å². The maximum Gasteiger partial charge on any atom is 0.573 e. The van der Waals surface area contributed by atoms with E-state index in [9.17, 15) is 22.8 Å². The van der Waals surface area contributed by atoms with E-state index in [0.717, 1.165) is 5.56 Å². The molecule has 38 heavy (non-hydrogen) atoms. The molecule has 0 unspecified atom stereocenters. The van der Waals surface area contributed by atoms with Crippen molar-refractivity contribution in [2.24, 2.45) is 0 Å². The Kier molecular flexibility index (Phi) is 11.4. The zero-order valence-electron chi connectivity index (χ0n) is 20.8. The maximum atomic E-state index is 13.0. The highest BCUT2D eigenvalue weighted by atomic mass is 32.2. The number of carbonyl (C=O) groups excluding carboxylic acids is 2. The lowest BCUT2D eigenvalue weighted by atomic mass is 10.2. The molecule has 2 aromatic carbocycles. The average Bonchev–Trinajstić information content (AvgIpc) is 2.88. The Labute approximate surface area is 223 Å². The molecule has 0 spiro atoms. The third-order valence-electron chi connectivity index (χ3n) is 5.28. The van der Waals surface area contributed by atoms with Crippen LogP contribution in [-0.4, -0.2) is 74.1 Å². The van der Waals surface area contributed by atoms with Crippen molar-refractivity contribution in [1.29, 1.82) is 0 Å². The number of benzene rings is 2. The lowest BCUT2D eigenvalue weighted by molar-refractivity contribution is -0.274. The fraction of sp³-hybridized carbons (Fsp3) is 0.440. The number of amides is 2. The van der Waals surface area contributed by atoms with E-state index in [1.165, 1.54) is 41.1 Å². The lowest BCUT2D eigenvalue weighted by Crippen LogP contribution is -2.53. The second-order valence-corrected chi connectivity index (χ2v) is 9.51. The van der Waals surface area contributed by atoms with E-state index in [4.69, 9.17) is 9.57 Å². The van der Waals surface area contributed by atoms with Crippen molar-refractivity contribution >= 4 is 29.4 Å². The van der Waals surface area contributed by atoms with E-state index >= 15 is 0 Å². The van der Waals surface area contributed by atoms with Crippen molar-refractivity contribution in [2.45, 2.75) is 31.1 Å². The fourth-order valence-corrected chi connectivity index (χ4v) is 4.43. The molecular weight excluding hydrogens is 525 g/mol. The number of halogens is 3. The number of morpholine rings is 1. The number of hydroxylamine groups is 2. The molecule has 0 radical (unpaired) electrons. The number of hydrogen-bond donors (Lipinski definition) is 3. The molecule has 1 heterocycles. The van der Waals surface area contributed by atoms with E-state index < -0.39 is 18.5 Å². The zero-order chi connectivity index (χ0) is 27.4. The van der Waals surface area contributed by atoms with Gasteiger partial charge in [-0.1, -0.05) is 30.3 Å². The summed E-state index contributed by atoms with van der Waals surface area (Å²) in [6, 6.07) is 13.8. The van der Waals surface area contributed by atoms with Crippen molar-refractivity contribution in [2.75, 3.05) is 43.9 Å². The first-order valence-electron chi connectivity index (χ1n) is 12.0. The number of anilines is 1. The van der Waals surface area contributed by atoms with Crippen molar-refractivity contribution in [3.8, 4) is 5.75 Å². The number of alkyl halides is 3. The molecular formula is C25H31F3N4O5S. The van der Waals surface area contributed by atoms with Crippen LogP contribution in [0.15, 0.2) is 54.6 Å². The number of ether oxygens (including phenoxy) is 2. The minimum atomic E-state index is -4.76. The van der Waals surface area contributed by atoms with Crippen molar-refractivity contribution < 1.29 is 37.1 Å². The number of thioether (sulfide) groups is 1. The summed E-state index contributed by atoms with van der Waals surface area (Å²) in [7, 11) is 0. The zero-order valence-corrected chi connectivity index (χ0v) is 21.6. The molecule has 208 valence electrons. The van der Waals surface area contributed by atoms with Crippen LogP contribution in [-0.2, 0) is 20.1 Å². The third kappa shape index (κ3) is 11.1. The minimum Gasteiger partial charge on any atom is -0.406 e. The van der Waals surface area contributed by atoms with E-state index in [1.54, 1.807) is 6.92 Å². The third-order valence-corrected chi connectivity index (χ3v) is 6.38. The van der Waals surface area contributed by atoms with E-state index in [0.29, 0.717) is 50.0 Å². The molecule has 1 fully saturated rings. The van der Waals surface area contributed by atoms with Gasteiger partial charge in [0.05, 0.1) is 26.3 Å². The molecule has 0 aromatic heterocycles. The van der Waals surface area contributed by atoms with Crippen LogP contribution in [0.1, 0.15) is 12.5 Å². The smallest absolute Gasteiger partial charge is 0.406 e. The second kappa shape index (κ2) is 14.7. The van der Waals surface area contributed by atoms with Gasteiger partial charge in [-0.3, -0.25) is 4.79 Å². The molecule has 1 saturated heterocycles. The van der Waals surface area contributed by atoms with Crippen LogP contribution in [0.5, 0.6) is 5.75 Å². The van der Waals surface area contributed by atoms with Gasteiger partial charge in [0.2, 0.25) is 5.91 Å². The predicted molar refractivity (Wildman–Crippen MR) is 138 cm³/mol. The summed E-state index contributed by atoms with van der Waals surface area (Å²) in [6.45, 7) is 3.86. The van der Waals surface area contributed by atoms with Crippen molar-refractivity contribution in [3.63, 3.8) is 0 Å². The summed E-state index contributed by atoms with van der Waals surface area (Å²) in [4.78, 5) is 30.8. The normalized spacial score (nSPS) is 15.7. The van der Waals surface area contributed by atoms with Gasteiger partial charge in [-0.2, -0.15) is 11.8 Å². The highest BCUT2D eigenvalue weighted by Crippen LogP contribution is 2.24. The van der Waals surface area contributed by atoms with Crippen LogP contribution in [0.2, 0.25) is 0 Å². The fourth-order valence-electron chi connectivity index (χ4n) is 3.42. The summed E-state index contributed by atoms with van der Waals surface area (Å²) in [6.07, 6.45) is -5.48. The predicted octanol–water partition coefficient (Wildman–Crippen LogP) is 3.78. The Bertz CT molecular complexity index is 1010. The Hall–Kier alpha value is -3.16. The number of nitrogens with one attached hydrogen (secondary N) is 3.